The van der Waals surface area contributed by atoms with Crippen molar-refractivity contribution in [2.24, 2.45) is 0 Å². The van der Waals surface area contributed by atoms with E-state index in [1.807, 2.05) is 4.90 Å². The molecule has 2 N–H and O–H groups in total. The van der Waals surface area contributed by atoms with E-state index < -0.39 is 0 Å². The fraction of sp³-hybridized carbons (Fsp3) is 0.923. The molecule has 1 atom stereocenters. The maximum atomic E-state index is 12.2. The lowest BCUT2D eigenvalue weighted by Crippen LogP contribution is -2.46. The van der Waals surface area contributed by atoms with Crippen LogP contribution in [0.25, 0.3) is 0 Å². The molecule has 1 saturated heterocycles. The number of hydrogen-bond donors (Lipinski definition) is 2. The molecule has 0 aromatic carbocycles. The summed E-state index contributed by atoms with van der Waals surface area (Å²) in [5.41, 5.74) is 0. The lowest BCUT2D eigenvalue weighted by molar-refractivity contribution is -0.135. The minimum absolute atomic E-state index is 0.179. The Balaban J connectivity index is 1.82. The van der Waals surface area contributed by atoms with Gasteiger partial charge in [-0.3, -0.25) is 4.79 Å². The zero-order chi connectivity index (χ0) is 12.1. The van der Waals surface area contributed by atoms with E-state index in [-0.39, 0.29) is 12.5 Å². The van der Waals surface area contributed by atoms with Gasteiger partial charge in [0.05, 0.1) is 0 Å². The van der Waals surface area contributed by atoms with Gasteiger partial charge in [-0.05, 0) is 45.1 Å². The molecule has 0 spiro atoms. The highest BCUT2D eigenvalue weighted by Crippen LogP contribution is 2.26. The molecule has 1 unspecified atom stereocenters. The molecule has 4 nitrogen and oxygen atoms in total. The maximum absolute atomic E-state index is 12.2. The van der Waals surface area contributed by atoms with Crippen LogP contribution in [0.5, 0.6) is 0 Å². The molecule has 0 aromatic rings. The Bertz CT molecular complexity index is 248. The minimum Gasteiger partial charge on any atom is -0.396 e. The molecule has 0 aromatic heterocycles. The molecule has 0 radical (unpaired) electrons. The van der Waals surface area contributed by atoms with Gasteiger partial charge in [0, 0.05) is 31.7 Å². The van der Waals surface area contributed by atoms with E-state index in [2.05, 4.69) is 5.32 Å². The second-order valence-electron chi connectivity index (χ2n) is 5.25. The van der Waals surface area contributed by atoms with Gasteiger partial charge in [0.1, 0.15) is 0 Å². The SMILES string of the molecule is O=C(CC1CCCN1)N(CCCO)C1CCC1. The van der Waals surface area contributed by atoms with E-state index >= 15 is 0 Å². The summed E-state index contributed by atoms with van der Waals surface area (Å²) in [5.74, 6) is 0.280. The van der Waals surface area contributed by atoms with Gasteiger partial charge in [0.2, 0.25) is 5.91 Å². The first kappa shape index (κ1) is 12.8. The molecule has 2 fully saturated rings. The van der Waals surface area contributed by atoms with Crippen molar-refractivity contribution in [1.29, 1.82) is 0 Å². The summed E-state index contributed by atoms with van der Waals surface area (Å²) in [7, 11) is 0. The Morgan fingerprint density at radius 3 is 2.65 bits per heavy atom. The van der Waals surface area contributed by atoms with Crippen molar-refractivity contribution in [2.45, 2.75) is 57.0 Å². The number of nitrogens with one attached hydrogen (secondary N) is 1. The zero-order valence-electron chi connectivity index (χ0n) is 10.5. The van der Waals surface area contributed by atoms with E-state index in [1.54, 1.807) is 0 Å². The van der Waals surface area contributed by atoms with Gasteiger partial charge >= 0.3 is 0 Å². The van der Waals surface area contributed by atoms with Crippen molar-refractivity contribution in [2.75, 3.05) is 19.7 Å². The van der Waals surface area contributed by atoms with E-state index in [0.29, 0.717) is 24.9 Å². The van der Waals surface area contributed by atoms with Crippen LogP contribution in [0.1, 0.15) is 44.9 Å². The van der Waals surface area contributed by atoms with Crippen LogP contribution >= 0.6 is 0 Å². The maximum Gasteiger partial charge on any atom is 0.224 e. The quantitative estimate of drug-likeness (QED) is 0.725. The molecule has 1 amide bonds. The fourth-order valence-corrected chi connectivity index (χ4v) is 2.71. The van der Waals surface area contributed by atoms with Gasteiger partial charge in [-0.2, -0.15) is 0 Å². The topological polar surface area (TPSA) is 52.6 Å². The molecule has 17 heavy (non-hydrogen) atoms. The third kappa shape index (κ3) is 3.42. The normalized spacial score (nSPS) is 24.6. The predicted molar refractivity (Wildman–Crippen MR) is 66.7 cm³/mol. The molecule has 4 heteroatoms. The molecule has 2 rings (SSSR count). The molecule has 1 aliphatic carbocycles. The average Bonchev–Trinajstić information content (AvgIpc) is 2.73. The van der Waals surface area contributed by atoms with Gasteiger partial charge in [-0.25, -0.2) is 0 Å². The Labute approximate surface area is 103 Å². The molecule has 2 aliphatic rings. The first-order valence-electron chi connectivity index (χ1n) is 6.95. The van der Waals surface area contributed by atoms with Crippen molar-refractivity contribution in [3.05, 3.63) is 0 Å². The van der Waals surface area contributed by atoms with Crippen LogP contribution in [0.15, 0.2) is 0 Å². The first-order chi connectivity index (χ1) is 8.31. The summed E-state index contributed by atoms with van der Waals surface area (Å²) in [6.45, 7) is 1.96. The fourth-order valence-electron chi connectivity index (χ4n) is 2.71. The smallest absolute Gasteiger partial charge is 0.224 e. The minimum atomic E-state index is 0.179. The molecular formula is C13H24N2O2. The second-order valence-corrected chi connectivity index (χ2v) is 5.25. The largest absolute Gasteiger partial charge is 0.396 e. The van der Waals surface area contributed by atoms with Gasteiger partial charge in [-0.1, -0.05) is 0 Å². The molecule has 0 bridgehead atoms. The standard InChI is InChI=1S/C13H24N2O2/c16-9-3-8-15(12-5-1-6-12)13(17)10-11-4-2-7-14-11/h11-12,14,16H,1-10H2. The monoisotopic (exact) mass is 240 g/mol. The summed E-state index contributed by atoms with van der Waals surface area (Å²) < 4.78 is 0. The second kappa shape index (κ2) is 6.36. The predicted octanol–water partition coefficient (Wildman–Crippen LogP) is 0.892. The van der Waals surface area contributed by atoms with Gasteiger partial charge < -0.3 is 15.3 Å². The molecule has 1 aliphatic heterocycles. The number of aliphatic hydroxyl groups excluding tert-OH is 1. The third-order valence-corrected chi connectivity index (χ3v) is 3.98. The highest BCUT2D eigenvalue weighted by atomic mass is 16.3. The molecule has 1 heterocycles. The van der Waals surface area contributed by atoms with Gasteiger partial charge in [0.15, 0.2) is 0 Å². The van der Waals surface area contributed by atoms with Crippen molar-refractivity contribution in [3.63, 3.8) is 0 Å². The van der Waals surface area contributed by atoms with Crippen LogP contribution in [0.2, 0.25) is 0 Å². The van der Waals surface area contributed by atoms with Crippen LogP contribution in [0.4, 0.5) is 0 Å². The highest BCUT2D eigenvalue weighted by Gasteiger charge is 2.29. The number of rotatable bonds is 6. The number of carbonyl (C=O) groups excluding carboxylic acids is 1. The molecule has 98 valence electrons. The lowest BCUT2D eigenvalue weighted by atomic mass is 9.91. The van der Waals surface area contributed by atoms with E-state index in [4.69, 9.17) is 5.11 Å². The van der Waals surface area contributed by atoms with Crippen molar-refractivity contribution >= 4 is 5.91 Å². The van der Waals surface area contributed by atoms with Crippen LogP contribution < -0.4 is 5.32 Å². The van der Waals surface area contributed by atoms with Crippen molar-refractivity contribution in [1.82, 2.24) is 10.2 Å². The Hall–Kier alpha value is -0.610. The highest BCUT2D eigenvalue weighted by molar-refractivity contribution is 5.77. The number of hydrogen-bond acceptors (Lipinski definition) is 3. The number of amides is 1. The Morgan fingerprint density at radius 2 is 2.12 bits per heavy atom. The third-order valence-electron chi connectivity index (χ3n) is 3.98. The van der Waals surface area contributed by atoms with Crippen LogP contribution in [0, 0.1) is 0 Å². The Kier molecular flexibility index (Phi) is 4.80. The zero-order valence-corrected chi connectivity index (χ0v) is 10.5. The first-order valence-corrected chi connectivity index (χ1v) is 6.95. The van der Waals surface area contributed by atoms with Crippen LogP contribution in [-0.2, 0) is 4.79 Å². The van der Waals surface area contributed by atoms with Gasteiger partial charge in [-0.15, -0.1) is 0 Å². The van der Waals surface area contributed by atoms with Gasteiger partial charge in [0.25, 0.3) is 0 Å². The number of aliphatic hydroxyl groups is 1. The van der Waals surface area contributed by atoms with E-state index in [0.717, 1.165) is 32.4 Å². The summed E-state index contributed by atoms with van der Waals surface area (Å²) >= 11 is 0. The summed E-state index contributed by atoms with van der Waals surface area (Å²) in [5, 5.41) is 12.3. The number of carbonyl (C=O) groups is 1. The summed E-state index contributed by atoms with van der Waals surface area (Å²) in [6.07, 6.45) is 7.21. The van der Waals surface area contributed by atoms with Crippen molar-refractivity contribution < 1.29 is 9.90 Å². The lowest BCUT2D eigenvalue weighted by Gasteiger charge is -2.38. The van der Waals surface area contributed by atoms with Crippen LogP contribution in [0.3, 0.4) is 0 Å². The average molecular weight is 240 g/mol. The molecular weight excluding hydrogens is 216 g/mol. The summed E-state index contributed by atoms with van der Waals surface area (Å²) in [6, 6.07) is 0.842. The van der Waals surface area contributed by atoms with Crippen LogP contribution in [-0.4, -0.2) is 47.7 Å². The number of nitrogens with zero attached hydrogens (tertiary/aromatic N) is 1. The Morgan fingerprint density at radius 1 is 1.29 bits per heavy atom. The van der Waals surface area contributed by atoms with Crippen molar-refractivity contribution in [3.8, 4) is 0 Å². The molecule has 1 saturated carbocycles. The van der Waals surface area contributed by atoms with E-state index in [1.165, 1.54) is 12.8 Å². The van der Waals surface area contributed by atoms with E-state index in [9.17, 15) is 4.79 Å². The summed E-state index contributed by atoms with van der Waals surface area (Å²) in [4.78, 5) is 14.3.